The molecular weight excluding hydrogens is 348 g/mol. The summed E-state index contributed by atoms with van der Waals surface area (Å²) in [5.74, 6) is 0.537. The summed E-state index contributed by atoms with van der Waals surface area (Å²) in [4.78, 5) is 16.6. The zero-order valence-electron chi connectivity index (χ0n) is 14.6. The molecule has 1 heterocycles. The van der Waals surface area contributed by atoms with Crippen molar-refractivity contribution in [3.8, 4) is 16.9 Å². The molecule has 0 fully saturated rings. The van der Waals surface area contributed by atoms with Crippen LogP contribution < -0.4 is 10.1 Å². The first-order valence-electron chi connectivity index (χ1n) is 8.23. The zero-order valence-corrected chi connectivity index (χ0v) is 15.3. The van der Waals surface area contributed by atoms with E-state index in [4.69, 9.17) is 16.3 Å². The van der Waals surface area contributed by atoms with E-state index in [1.165, 1.54) is 0 Å². The molecule has 26 heavy (non-hydrogen) atoms. The summed E-state index contributed by atoms with van der Waals surface area (Å²) in [7, 11) is 1.62. The van der Waals surface area contributed by atoms with Crippen molar-refractivity contribution in [3.05, 3.63) is 83.1 Å². The van der Waals surface area contributed by atoms with Crippen LogP contribution in [0.4, 0.5) is 0 Å². The molecule has 1 amide bonds. The van der Waals surface area contributed by atoms with Gasteiger partial charge in [-0.05, 0) is 60.0 Å². The van der Waals surface area contributed by atoms with Crippen LogP contribution in [0.5, 0.6) is 5.75 Å². The maximum Gasteiger partial charge on any atom is 0.253 e. The minimum atomic E-state index is -0.216. The normalized spacial score (nSPS) is 11.7. The molecule has 0 aliphatic carbocycles. The molecule has 1 unspecified atom stereocenters. The number of nitrogens with zero attached hydrogens (tertiary/aromatic N) is 1. The first kappa shape index (κ1) is 18.0. The van der Waals surface area contributed by atoms with Gasteiger partial charge in [0.2, 0.25) is 0 Å². The standard InChI is InChI=1S/C21H19ClN2O2/c1-14(16-4-3-5-18(12-16)26-2)24-21(25)19-7-6-17(13-20(19)22)15-8-10-23-11-9-15/h3-14H,1-2H3,(H,24,25). The molecule has 2 aromatic carbocycles. The third kappa shape index (κ3) is 4.03. The number of benzene rings is 2. The SMILES string of the molecule is COc1cccc(C(C)NC(=O)c2ccc(-c3ccncc3)cc2Cl)c1. The van der Waals surface area contributed by atoms with Gasteiger partial charge in [-0.2, -0.15) is 0 Å². The van der Waals surface area contributed by atoms with E-state index in [1.54, 1.807) is 31.6 Å². The van der Waals surface area contributed by atoms with Crippen LogP contribution in [0.2, 0.25) is 5.02 Å². The Morgan fingerprint density at radius 2 is 1.85 bits per heavy atom. The highest BCUT2D eigenvalue weighted by Gasteiger charge is 2.15. The molecule has 1 N–H and O–H groups in total. The average Bonchev–Trinajstić information content (AvgIpc) is 2.68. The Labute approximate surface area is 157 Å². The molecule has 1 aromatic heterocycles. The molecule has 0 aliphatic heterocycles. The topological polar surface area (TPSA) is 51.2 Å². The zero-order chi connectivity index (χ0) is 18.5. The summed E-state index contributed by atoms with van der Waals surface area (Å²) < 4.78 is 5.23. The van der Waals surface area contributed by atoms with Gasteiger partial charge in [0.05, 0.1) is 23.7 Å². The lowest BCUT2D eigenvalue weighted by atomic mass is 10.0. The van der Waals surface area contributed by atoms with Gasteiger partial charge in [-0.1, -0.05) is 29.8 Å². The summed E-state index contributed by atoms with van der Waals surface area (Å²) in [6, 6.07) is 16.7. The van der Waals surface area contributed by atoms with Crippen LogP contribution >= 0.6 is 11.6 Å². The monoisotopic (exact) mass is 366 g/mol. The number of nitrogens with one attached hydrogen (secondary N) is 1. The smallest absolute Gasteiger partial charge is 0.253 e. The van der Waals surface area contributed by atoms with Crippen molar-refractivity contribution in [3.63, 3.8) is 0 Å². The van der Waals surface area contributed by atoms with Crippen LogP contribution in [0.15, 0.2) is 67.0 Å². The average molecular weight is 367 g/mol. The molecule has 0 saturated carbocycles. The number of ether oxygens (including phenoxy) is 1. The molecule has 0 spiro atoms. The first-order chi connectivity index (χ1) is 12.6. The number of pyridine rings is 1. The lowest BCUT2D eigenvalue weighted by Gasteiger charge is -2.16. The molecule has 3 aromatic rings. The van der Waals surface area contributed by atoms with Gasteiger partial charge in [-0.15, -0.1) is 0 Å². The van der Waals surface area contributed by atoms with Crippen LogP contribution in [0.3, 0.4) is 0 Å². The molecule has 5 heteroatoms. The van der Waals surface area contributed by atoms with Crippen LogP contribution in [0.25, 0.3) is 11.1 Å². The number of halogens is 1. The number of carbonyl (C=O) groups is 1. The summed E-state index contributed by atoms with van der Waals surface area (Å²) in [5, 5.41) is 3.39. The predicted octanol–water partition coefficient (Wildman–Crippen LogP) is 4.90. The minimum absolute atomic E-state index is 0.173. The fourth-order valence-electron chi connectivity index (χ4n) is 2.69. The van der Waals surface area contributed by atoms with Gasteiger partial charge in [0.1, 0.15) is 5.75 Å². The summed E-state index contributed by atoms with van der Waals surface area (Å²) in [6.07, 6.45) is 3.44. The molecular formula is C21H19ClN2O2. The number of hydrogen-bond donors (Lipinski definition) is 1. The Morgan fingerprint density at radius 3 is 2.54 bits per heavy atom. The van der Waals surface area contributed by atoms with Crippen molar-refractivity contribution in [1.29, 1.82) is 0 Å². The van der Waals surface area contributed by atoms with Crippen LogP contribution in [-0.2, 0) is 0 Å². The summed E-state index contributed by atoms with van der Waals surface area (Å²) in [5.41, 5.74) is 3.34. The maximum atomic E-state index is 12.6. The summed E-state index contributed by atoms with van der Waals surface area (Å²) in [6.45, 7) is 1.92. The molecule has 1 atom stereocenters. The van der Waals surface area contributed by atoms with E-state index in [1.807, 2.05) is 49.4 Å². The number of aromatic nitrogens is 1. The largest absolute Gasteiger partial charge is 0.497 e. The van der Waals surface area contributed by atoms with Crippen LogP contribution in [0.1, 0.15) is 28.9 Å². The Kier molecular flexibility index (Phi) is 5.54. The van der Waals surface area contributed by atoms with Crippen molar-refractivity contribution in [2.75, 3.05) is 7.11 Å². The van der Waals surface area contributed by atoms with E-state index in [0.29, 0.717) is 10.6 Å². The highest BCUT2D eigenvalue weighted by molar-refractivity contribution is 6.34. The van der Waals surface area contributed by atoms with Gasteiger partial charge in [-0.3, -0.25) is 9.78 Å². The van der Waals surface area contributed by atoms with Gasteiger partial charge in [0, 0.05) is 12.4 Å². The Hall–Kier alpha value is -2.85. The molecule has 3 rings (SSSR count). The third-order valence-corrected chi connectivity index (χ3v) is 4.48. The lowest BCUT2D eigenvalue weighted by Crippen LogP contribution is -2.26. The minimum Gasteiger partial charge on any atom is -0.497 e. The van der Waals surface area contributed by atoms with E-state index < -0.39 is 0 Å². The number of amides is 1. The second-order valence-corrected chi connectivity index (χ2v) is 6.31. The molecule has 132 valence electrons. The van der Waals surface area contributed by atoms with Crippen molar-refractivity contribution in [2.45, 2.75) is 13.0 Å². The van der Waals surface area contributed by atoms with E-state index in [2.05, 4.69) is 10.3 Å². The highest BCUT2D eigenvalue weighted by Crippen LogP contribution is 2.26. The lowest BCUT2D eigenvalue weighted by molar-refractivity contribution is 0.0940. The van der Waals surface area contributed by atoms with E-state index in [9.17, 15) is 4.79 Å². The molecule has 0 aliphatic rings. The van der Waals surface area contributed by atoms with Gasteiger partial charge in [0.25, 0.3) is 5.91 Å². The van der Waals surface area contributed by atoms with Gasteiger partial charge >= 0.3 is 0 Å². The molecule has 0 bridgehead atoms. The third-order valence-electron chi connectivity index (χ3n) is 4.17. The maximum absolute atomic E-state index is 12.6. The van der Waals surface area contributed by atoms with Crippen LogP contribution in [0, 0.1) is 0 Å². The van der Waals surface area contributed by atoms with Crippen molar-refractivity contribution in [2.24, 2.45) is 0 Å². The molecule has 0 saturated heterocycles. The molecule has 4 nitrogen and oxygen atoms in total. The van der Waals surface area contributed by atoms with E-state index in [-0.39, 0.29) is 11.9 Å². The second-order valence-electron chi connectivity index (χ2n) is 5.90. The van der Waals surface area contributed by atoms with Crippen LogP contribution in [-0.4, -0.2) is 18.0 Å². The number of methoxy groups -OCH3 is 1. The van der Waals surface area contributed by atoms with E-state index >= 15 is 0 Å². The van der Waals surface area contributed by atoms with Crippen molar-refractivity contribution >= 4 is 17.5 Å². The van der Waals surface area contributed by atoms with Crippen molar-refractivity contribution in [1.82, 2.24) is 10.3 Å². The summed E-state index contributed by atoms with van der Waals surface area (Å²) >= 11 is 6.35. The van der Waals surface area contributed by atoms with E-state index in [0.717, 1.165) is 22.4 Å². The predicted molar refractivity (Wildman–Crippen MR) is 104 cm³/mol. The Balaban J connectivity index is 1.77. The first-order valence-corrected chi connectivity index (χ1v) is 8.61. The molecule has 0 radical (unpaired) electrons. The number of carbonyl (C=O) groups excluding carboxylic acids is 1. The fourth-order valence-corrected chi connectivity index (χ4v) is 2.96. The second kappa shape index (κ2) is 8.02. The number of hydrogen-bond acceptors (Lipinski definition) is 3. The quantitative estimate of drug-likeness (QED) is 0.698. The fraction of sp³-hybridized carbons (Fsp3) is 0.143. The van der Waals surface area contributed by atoms with Crippen molar-refractivity contribution < 1.29 is 9.53 Å². The van der Waals surface area contributed by atoms with Gasteiger partial charge in [0.15, 0.2) is 0 Å². The number of rotatable bonds is 5. The van der Waals surface area contributed by atoms with Gasteiger partial charge < -0.3 is 10.1 Å². The highest BCUT2D eigenvalue weighted by atomic mass is 35.5. The Bertz CT molecular complexity index is 913. The Morgan fingerprint density at radius 1 is 1.08 bits per heavy atom. The van der Waals surface area contributed by atoms with Gasteiger partial charge in [-0.25, -0.2) is 0 Å².